The Labute approximate surface area is 147 Å². The number of rotatable bonds is 7. The summed E-state index contributed by atoms with van der Waals surface area (Å²) in [4.78, 5) is 0. The molecule has 0 aliphatic carbocycles. The zero-order chi connectivity index (χ0) is 17.5. The Morgan fingerprint density at radius 1 is 0.720 bits per heavy atom. The molecule has 4 nitrogen and oxygen atoms in total. The summed E-state index contributed by atoms with van der Waals surface area (Å²) in [5.41, 5.74) is 1.52. The monoisotopic (exact) mass is 336 g/mol. The van der Waals surface area contributed by atoms with Gasteiger partial charge in [0.2, 0.25) is 0 Å². The van der Waals surface area contributed by atoms with Crippen LogP contribution in [0.1, 0.15) is 11.1 Å². The third-order valence-corrected chi connectivity index (χ3v) is 3.71. The van der Waals surface area contributed by atoms with Crippen molar-refractivity contribution in [2.45, 2.75) is 13.2 Å². The summed E-state index contributed by atoms with van der Waals surface area (Å²) in [6, 6.07) is 22.3. The Bertz CT molecular complexity index is 736. The Morgan fingerprint density at radius 2 is 1.16 bits per heavy atom. The van der Waals surface area contributed by atoms with E-state index in [0.29, 0.717) is 19.0 Å². The smallest absolute Gasteiger partial charge is 0.132 e. The van der Waals surface area contributed by atoms with Crippen molar-refractivity contribution < 1.29 is 19.3 Å². The number of benzene rings is 3. The van der Waals surface area contributed by atoms with Gasteiger partial charge in [-0.15, -0.1) is 0 Å². The Kier molecular flexibility index (Phi) is 5.42. The molecule has 4 heteroatoms. The molecule has 1 N–H and O–H groups in total. The number of ether oxygens (including phenoxy) is 3. The maximum atomic E-state index is 10.0. The predicted octanol–water partition coefficient (Wildman–Crippen LogP) is 4.56. The van der Waals surface area contributed by atoms with Crippen molar-refractivity contribution in [3.63, 3.8) is 0 Å². The fraction of sp³-hybridized carbons (Fsp3) is 0.143. The van der Waals surface area contributed by atoms with Gasteiger partial charge in [-0.1, -0.05) is 36.4 Å². The summed E-state index contributed by atoms with van der Waals surface area (Å²) in [6.07, 6.45) is 0. The quantitative estimate of drug-likeness (QED) is 0.687. The van der Waals surface area contributed by atoms with Gasteiger partial charge in [-0.25, -0.2) is 0 Å². The van der Waals surface area contributed by atoms with Crippen molar-refractivity contribution in [3.05, 3.63) is 83.9 Å². The third-order valence-electron chi connectivity index (χ3n) is 3.71. The van der Waals surface area contributed by atoms with Crippen LogP contribution in [-0.2, 0) is 13.2 Å². The summed E-state index contributed by atoms with van der Waals surface area (Å²) >= 11 is 0. The van der Waals surface area contributed by atoms with Crippen LogP contribution in [0.15, 0.2) is 72.8 Å². The second-order valence-electron chi connectivity index (χ2n) is 5.50. The number of para-hydroxylation sites is 2. The van der Waals surface area contributed by atoms with Crippen LogP contribution in [0, 0.1) is 0 Å². The zero-order valence-corrected chi connectivity index (χ0v) is 14.0. The van der Waals surface area contributed by atoms with E-state index in [-0.39, 0.29) is 5.75 Å². The van der Waals surface area contributed by atoms with Gasteiger partial charge in [-0.2, -0.15) is 0 Å². The topological polar surface area (TPSA) is 47.9 Å². The van der Waals surface area contributed by atoms with Crippen molar-refractivity contribution in [2.24, 2.45) is 0 Å². The second kappa shape index (κ2) is 8.11. The van der Waals surface area contributed by atoms with E-state index in [9.17, 15) is 5.11 Å². The molecule has 0 spiro atoms. The molecule has 0 bridgehead atoms. The van der Waals surface area contributed by atoms with Crippen LogP contribution in [0.4, 0.5) is 0 Å². The standard InChI is InChI=1S/C21H20O4/c1-23-21-16(14-24-19-8-4-2-5-9-19)12-18(22)13-17(21)15-25-20-10-6-3-7-11-20/h2-13,22H,14-15H2,1H3. The van der Waals surface area contributed by atoms with Gasteiger partial charge in [0, 0.05) is 11.1 Å². The van der Waals surface area contributed by atoms with Crippen LogP contribution in [0.3, 0.4) is 0 Å². The van der Waals surface area contributed by atoms with Crippen LogP contribution in [0.2, 0.25) is 0 Å². The average Bonchev–Trinajstić information content (AvgIpc) is 2.66. The van der Waals surface area contributed by atoms with Gasteiger partial charge in [0.15, 0.2) is 0 Å². The largest absolute Gasteiger partial charge is 0.508 e. The Morgan fingerprint density at radius 3 is 1.56 bits per heavy atom. The van der Waals surface area contributed by atoms with E-state index in [4.69, 9.17) is 14.2 Å². The van der Waals surface area contributed by atoms with E-state index >= 15 is 0 Å². The minimum absolute atomic E-state index is 0.152. The molecule has 0 unspecified atom stereocenters. The van der Waals surface area contributed by atoms with Gasteiger partial charge >= 0.3 is 0 Å². The highest BCUT2D eigenvalue weighted by Gasteiger charge is 2.13. The van der Waals surface area contributed by atoms with E-state index in [1.54, 1.807) is 19.2 Å². The normalized spacial score (nSPS) is 10.3. The second-order valence-corrected chi connectivity index (χ2v) is 5.50. The number of phenolic OH excluding ortho intramolecular Hbond substituents is 1. The maximum absolute atomic E-state index is 10.0. The highest BCUT2D eigenvalue weighted by molar-refractivity contribution is 5.47. The van der Waals surface area contributed by atoms with Crippen molar-refractivity contribution in [1.29, 1.82) is 0 Å². The van der Waals surface area contributed by atoms with E-state index in [2.05, 4.69) is 0 Å². The molecule has 0 heterocycles. The van der Waals surface area contributed by atoms with Crippen molar-refractivity contribution in [2.75, 3.05) is 7.11 Å². The summed E-state index contributed by atoms with van der Waals surface area (Å²) < 4.78 is 17.1. The number of methoxy groups -OCH3 is 1. The summed E-state index contributed by atoms with van der Waals surface area (Å²) in [5.74, 6) is 2.33. The van der Waals surface area contributed by atoms with Crippen LogP contribution >= 0.6 is 0 Å². The van der Waals surface area contributed by atoms with Crippen molar-refractivity contribution >= 4 is 0 Å². The third kappa shape index (κ3) is 4.44. The van der Waals surface area contributed by atoms with Gasteiger partial charge in [0.1, 0.15) is 36.2 Å². The lowest BCUT2D eigenvalue weighted by Crippen LogP contribution is -2.04. The van der Waals surface area contributed by atoms with Gasteiger partial charge in [-0.05, 0) is 36.4 Å². The Balaban J connectivity index is 1.77. The molecule has 0 aliphatic rings. The summed E-state index contributed by atoms with van der Waals surface area (Å²) in [7, 11) is 1.60. The molecular formula is C21H20O4. The van der Waals surface area contributed by atoms with E-state index in [1.165, 1.54) is 0 Å². The Hall–Kier alpha value is -3.14. The fourth-order valence-corrected chi connectivity index (χ4v) is 2.57. The first-order valence-electron chi connectivity index (χ1n) is 8.00. The summed E-state index contributed by atoms with van der Waals surface area (Å²) in [5, 5.41) is 10.0. The molecule has 25 heavy (non-hydrogen) atoms. The maximum Gasteiger partial charge on any atom is 0.132 e. The molecule has 128 valence electrons. The molecule has 0 radical (unpaired) electrons. The van der Waals surface area contributed by atoms with E-state index in [1.807, 2.05) is 60.7 Å². The van der Waals surface area contributed by atoms with Crippen LogP contribution in [0.25, 0.3) is 0 Å². The predicted molar refractivity (Wildman–Crippen MR) is 96.2 cm³/mol. The summed E-state index contributed by atoms with van der Waals surface area (Å²) in [6.45, 7) is 0.583. The molecule has 0 aromatic heterocycles. The first kappa shape index (κ1) is 16.7. The van der Waals surface area contributed by atoms with Gasteiger partial charge in [-0.3, -0.25) is 0 Å². The fourth-order valence-electron chi connectivity index (χ4n) is 2.57. The lowest BCUT2D eigenvalue weighted by atomic mass is 10.1. The van der Waals surface area contributed by atoms with Gasteiger partial charge < -0.3 is 19.3 Å². The number of phenols is 1. The lowest BCUT2D eigenvalue weighted by molar-refractivity contribution is 0.281. The van der Waals surface area contributed by atoms with Gasteiger partial charge in [0.05, 0.1) is 7.11 Å². The number of hydrogen-bond donors (Lipinski definition) is 1. The van der Waals surface area contributed by atoms with Crippen molar-refractivity contribution in [1.82, 2.24) is 0 Å². The molecule has 3 rings (SSSR count). The molecule has 0 saturated heterocycles. The molecule has 0 amide bonds. The molecule has 0 saturated carbocycles. The molecule has 3 aromatic carbocycles. The highest BCUT2D eigenvalue weighted by Crippen LogP contribution is 2.31. The van der Waals surface area contributed by atoms with Gasteiger partial charge in [0.25, 0.3) is 0 Å². The zero-order valence-electron chi connectivity index (χ0n) is 14.0. The highest BCUT2D eigenvalue weighted by atomic mass is 16.5. The van der Waals surface area contributed by atoms with Crippen molar-refractivity contribution in [3.8, 4) is 23.0 Å². The van der Waals surface area contributed by atoms with Crippen LogP contribution in [-0.4, -0.2) is 12.2 Å². The molecule has 0 aliphatic heterocycles. The number of aromatic hydroxyl groups is 1. The lowest BCUT2D eigenvalue weighted by Gasteiger charge is -2.16. The molecule has 0 fully saturated rings. The van der Waals surface area contributed by atoms with Crippen LogP contribution < -0.4 is 14.2 Å². The van der Waals surface area contributed by atoms with Crippen LogP contribution in [0.5, 0.6) is 23.0 Å². The van der Waals surface area contributed by atoms with E-state index < -0.39 is 0 Å². The minimum Gasteiger partial charge on any atom is -0.508 e. The number of hydrogen-bond acceptors (Lipinski definition) is 4. The molecule has 3 aromatic rings. The SMILES string of the molecule is COc1c(COc2ccccc2)cc(O)cc1COc1ccccc1. The average molecular weight is 336 g/mol. The molecule has 0 atom stereocenters. The molecular weight excluding hydrogens is 316 g/mol. The minimum atomic E-state index is 0.152. The first-order valence-corrected chi connectivity index (χ1v) is 8.00. The van der Waals surface area contributed by atoms with E-state index in [0.717, 1.165) is 22.6 Å². The first-order chi connectivity index (χ1) is 12.3.